The predicted octanol–water partition coefficient (Wildman–Crippen LogP) is 3.80. The van der Waals surface area contributed by atoms with Crippen molar-refractivity contribution in [2.45, 2.75) is 19.3 Å². The van der Waals surface area contributed by atoms with Gasteiger partial charge >= 0.3 is 12.4 Å². The van der Waals surface area contributed by atoms with E-state index < -0.39 is 52.7 Å². The topological polar surface area (TPSA) is 72.2 Å². The molecule has 0 heterocycles. The largest absolute Gasteiger partial charge is 0.411 e. The fraction of sp³-hybridized carbons (Fsp3) is 0.364. The molecule has 1 aromatic rings. The average Bonchev–Trinajstić information content (AvgIpc) is 2.37. The van der Waals surface area contributed by atoms with Gasteiger partial charge in [0.15, 0.2) is 0 Å². The van der Waals surface area contributed by atoms with Crippen LogP contribution in [0.5, 0.6) is 0 Å². The van der Waals surface area contributed by atoms with Gasteiger partial charge in [-0.2, -0.15) is 26.3 Å². The summed E-state index contributed by atoms with van der Waals surface area (Å²) in [4.78, 5) is 20.9. The molecule has 128 valence electrons. The van der Waals surface area contributed by atoms with Crippen molar-refractivity contribution in [2.24, 2.45) is 5.41 Å². The number of rotatable bonds is 3. The smallest absolute Gasteiger partial charge is 0.322 e. The molecular formula is C11H7F7N2O3. The van der Waals surface area contributed by atoms with E-state index in [1.807, 2.05) is 0 Å². The number of nitrogens with zero attached hydrogens (tertiary/aromatic N) is 1. The van der Waals surface area contributed by atoms with E-state index in [2.05, 4.69) is 0 Å². The van der Waals surface area contributed by atoms with Crippen LogP contribution in [-0.2, 0) is 4.79 Å². The molecule has 1 rings (SSSR count). The molecule has 0 atom stereocenters. The van der Waals surface area contributed by atoms with Crippen molar-refractivity contribution in [2.75, 3.05) is 5.32 Å². The molecule has 12 heteroatoms. The Balaban J connectivity index is 3.30. The van der Waals surface area contributed by atoms with Crippen molar-refractivity contribution in [1.29, 1.82) is 0 Å². The number of benzene rings is 1. The summed E-state index contributed by atoms with van der Waals surface area (Å²) in [6.45, 7) is -0.419. The molecule has 0 aliphatic heterocycles. The van der Waals surface area contributed by atoms with Crippen LogP contribution in [0.2, 0.25) is 0 Å². The van der Waals surface area contributed by atoms with Crippen LogP contribution in [0.1, 0.15) is 6.92 Å². The summed E-state index contributed by atoms with van der Waals surface area (Å²) in [5.41, 5.74) is -6.83. The van der Waals surface area contributed by atoms with Gasteiger partial charge in [0.25, 0.3) is 5.69 Å². The first-order valence-electron chi connectivity index (χ1n) is 5.60. The minimum Gasteiger partial charge on any atom is -0.322 e. The zero-order valence-corrected chi connectivity index (χ0v) is 11.0. The van der Waals surface area contributed by atoms with Crippen LogP contribution in [0.4, 0.5) is 42.1 Å². The number of carbonyl (C=O) groups is 1. The Morgan fingerprint density at radius 2 is 1.61 bits per heavy atom. The molecule has 0 saturated heterocycles. The lowest BCUT2D eigenvalue weighted by atomic mass is 9.87. The number of nitro groups is 1. The van der Waals surface area contributed by atoms with E-state index in [4.69, 9.17) is 0 Å². The summed E-state index contributed by atoms with van der Waals surface area (Å²) >= 11 is 0. The SMILES string of the molecule is CC(C(=O)Nc1cc([N+](=O)[O-])ccc1F)(C(F)(F)F)C(F)(F)F. The first-order chi connectivity index (χ1) is 10.2. The second-order valence-electron chi connectivity index (χ2n) is 4.50. The molecule has 1 amide bonds. The number of alkyl halides is 6. The number of nitro benzene ring substituents is 1. The first-order valence-corrected chi connectivity index (χ1v) is 5.60. The van der Waals surface area contributed by atoms with E-state index in [1.54, 1.807) is 0 Å². The number of amides is 1. The second-order valence-corrected chi connectivity index (χ2v) is 4.50. The summed E-state index contributed by atoms with van der Waals surface area (Å²) in [7, 11) is 0. The quantitative estimate of drug-likeness (QED) is 0.513. The fourth-order valence-corrected chi connectivity index (χ4v) is 1.39. The van der Waals surface area contributed by atoms with Crippen LogP contribution in [0.25, 0.3) is 0 Å². The minimum absolute atomic E-state index is 0.306. The molecule has 1 N–H and O–H groups in total. The van der Waals surface area contributed by atoms with Crippen molar-refractivity contribution in [1.82, 2.24) is 0 Å². The van der Waals surface area contributed by atoms with Gasteiger partial charge in [0, 0.05) is 12.1 Å². The maximum absolute atomic E-state index is 13.4. The van der Waals surface area contributed by atoms with E-state index in [0.29, 0.717) is 18.2 Å². The van der Waals surface area contributed by atoms with Crippen LogP contribution in [0, 0.1) is 21.3 Å². The molecule has 0 spiro atoms. The number of hydrogen-bond acceptors (Lipinski definition) is 3. The number of carbonyl (C=O) groups excluding carboxylic acids is 1. The van der Waals surface area contributed by atoms with Gasteiger partial charge in [0.2, 0.25) is 11.3 Å². The number of anilines is 1. The van der Waals surface area contributed by atoms with Gasteiger partial charge in [-0.05, 0) is 13.0 Å². The molecule has 5 nitrogen and oxygen atoms in total. The summed E-state index contributed by atoms with van der Waals surface area (Å²) in [6.07, 6.45) is -12.0. The van der Waals surface area contributed by atoms with Crippen LogP contribution in [0.15, 0.2) is 18.2 Å². The molecular weight excluding hydrogens is 341 g/mol. The van der Waals surface area contributed by atoms with Crippen molar-refractivity contribution < 1.29 is 40.5 Å². The minimum atomic E-state index is -6.02. The Morgan fingerprint density at radius 1 is 1.13 bits per heavy atom. The Bertz CT molecular complexity index is 625. The molecule has 0 fully saturated rings. The van der Waals surface area contributed by atoms with Crippen molar-refractivity contribution in [3.63, 3.8) is 0 Å². The highest BCUT2D eigenvalue weighted by Gasteiger charge is 2.72. The van der Waals surface area contributed by atoms with E-state index in [0.717, 1.165) is 5.32 Å². The Morgan fingerprint density at radius 3 is 2.00 bits per heavy atom. The molecule has 23 heavy (non-hydrogen) atoms. The Hall–Kier alpha value is -2.40. The van der Waals surface area contributed by atoms with Crippen LogP contribution >= 0.6 is 0 Å². The molecule has 0 aliphatic carbocycles. The highest BCUT2D eigenvalue weighted by Crippen LogP contribution is 2.50. The third-order valence-electron chi connectivity index (χ3n) is 3.00. The molecule has 0 unspecified atom stereocenters. The van der Waals surface area contributed by atoms with Gasteiger partial charge in [-0.1, -0.05) is 0 Å². The van der Waals surface area contributed by atoms with E-state index >= 15 is 0 Å². The first kappa shape index (κ1) is 18.6. The lowest BCUT2D eigenvalue weighted by Crippen LogP contribution is -2.55. The predicted molar refractivity (Wildman–Crippen MR) is 61.9 cm³/mol. The number of nitrogens with one attached hydrogen (secondary N) is 1. The molecule has 1 aromatic carbocycles. The highest BCUT2D eigenvalue weighted by atomic mass is 19.4. The molecule has 0 bridgehead atoms. The molecule has 0 aromatic heterocycles. The Kier molecular flexibility index (Phi) is 4.59. The fourth-order valence-electron chi connectivity index (χ4n) is 1.39. The van der Waals surface area contributed by atoms with Gasteiger partial charge in [0.1, 0.15) is 5.82 Å². The van der Waals surface area contributed by atoms with Crippen LogP contribution in [-0.4, -0.2) is 23.2 Å². The summed E-state index contributed by atoms with van der Waals surface area (Å²) in [6, 6.07) is 1.35. The second kappa shape index (κ2) is 5.66. The zero-order valence-electron chi connectivity index (χ0n) is 11.0. The van der Waals surface area contributed by atoms with Gasteiger partial charge in [-0.25, -0.2) is 4.39 Å². The molecule has 0 aliphatic rings. The summed E-state index contributed by atoms with van der Waals surface area (Å²) in [5.74, 6) is -4.05. The molecule has 0 radical (unpaired) electrons. The summed E-state index contributed by atoms with van der Waals surface area (Å²) < 4.78 is 89.4. The number of halogens is 7. The lowest BCUT2D eigenvalue weighted by Gasteiger charge is -2.32. The summed E-state index contributed by atoms with van der Waals surface area (Å²) in [5, 5.41) is 11.6. The third kappa shape index (κ3) is 3.35. The molecule has 0 saturated carbocycles. The standard InChI is InChI=1S/C11H7F7N2O3/c1-9(10(13,14)15,11(16,17)18)8(21)19-7-4-5(20(22)23)2-3-6(7)12/h2-4H,1H3,(H,19,21). The average molecular weight is 348 g/mol. The van der Waals surface area contributed by atoms with Gasteiger partial charge in [-0.15, -0.1) is 0 Å². The number of non-ortho nitro benzene ring substituents is 1. The van der Waals surface area contributed by atoms with Gasteiger partial charge in [0.05, 0.1) is 10.6 Å². The number of hydrogen-bond donors (Lipinski definition) is 1. The lowest BCUT2D eigenvalue weighted by molar-refractivity contribution is -0.384. The third-order valence-corrected chi connectivity index (χ3v) is 3.00. The van der Waals surface area contributed by atoms with Crippen LogP contribution in [0.3, 0.4) is 0 Å². The van der Waals surface area contributed by atoms with Gasteiger partial charge in [-0.3, -0.25) is 14.9 Å². The highest BCUT2D eigenvalue weighted by molar-refractivity contribution is 5.96. The Labute approximate surface area is 123 Å². The maximum Gasteiger partial charge on any atom is 0.411 e. The van der Waals surface area contributed by atoms with Gasteiger partial charge < -0.3 is 5.32 Å². The monoisotopic (exact) mass is 348 g/mol. The zero-order chi connectivity index (χ0) is 18.2. The van der Waals surface area contributed by atoms with Crippen molar-refractivity contribution in [3.05, 3.63) is 34.1 Å². The maximum atomic E-state index is 13.4. The van der Waals surface area contributed by atoms with Crippen molar-refractivity contribution >= 4 is 17.3 Å². The normalized spacial score (nSPS) is 12.9. The van der Waals surface area contributed by atoms with Crippen LogP contribution < -0.4 is 5.32 Å². The van der Waals surface area contributed by atoms with E-state index in [9.17, 15) is 45.6 Å². The van der Waals surface area contributed by atoms with E-state index in [1.165, 1.54) is 0 Å². The van der Waals surface area contributed by atoms with E-state index in [-0.39, 0.29) is 0 Å². The van der Waals surface area contributed by atoms with Crippen molar-refractivity contribution in [3.8, 4) is 0 Å².